The van der Waals surface area contributed by atoms with Gasteiger partial charge in [-0.2, -0.15) is 13.2 Å². The van der Waals surface area contributed by atoms with Crippen LogP contribution in [0.15, 0.2) is 48.8 Å². The summed E-state index contributed by atoms with van der Waals surface area (Å²) in [7, 11) is 0. The monoisotopic (exact) mass is 470 g/mol. The van der Waals surface area contributed by atoms with Gasteiger partial charge in [-0.25, -0.2) is 19.9 Å². The van der Waals surface area contributed by atoms with Crippen molar-refractivity contribution in [3.63, 3.8) is 0 Å². The average molecular weight is 470 g/mol. The van der Waals surface area contributed by atoms with Gasteiger partial charge in [-0.3, -0.25) is 0 Å². The van der Waals surface area contributed by atoms with Crippen molar-refractivity contribution in [1.29, 1.82) is 0 Å². The lowest BCUT2D eigenvalue weighted by atomic mass is 10.2. The van der Waals surface area contributed by atoms with E-state index in [9.17, 15) is 13.2 Å². The number of alkyl halides is 3. The van der Waals surface area contributed by atoms with E-state index in [1.54, 1.807) is 24.5 Å². The van der Waals surface area contributed by atoms with Gasteiger partial charge in [0.2, 0.25) is 11.9 Å². The molecule has 0 bridgehead atoms. The number of ether oxygens (including phenoxy) is 1. The molecule has 176 valence electrons. The molecule has 0 unspecified atom stereocenters. The van der Waals surface area contributed by atoms with Gasteiger partial charge >= 0.3 is 6.18 Å². The molecule has 3 N–H and O–H groups in total. The number of nitrogen functional groups attached to an aromatic ring is 1. The third kappa shape index (κ3) is 4.51. The smallest absolute Gasteiger partial charge is 0.416 e. The van der Waals surface area contributed by atoms with E-state index in [1.807, 2.05) is 11.0 Å². The van der Waals surface area contributed by atoms with Crippen LogP contribution in [-0.4, -0.2) is 51.1 Å². The Morgan fingerprint density at radius 1 is 0.971 bits per heavy atom. The van der Waals surface area contributed by atoms with Gasteiger partial charge in [0.1, 0.15) is 6.61 Å². The van der Waals surface area contributed by atoms with Gasteiger partial charge in [0, 0.05) is 38.6 Å². The number of piperazine rings is 1. The molecule has 0 spiro atoms. The number of aromatic nitrogens is 5. The van der Waals surface area contributed by atoms with Crippen LogP contribution in [-0.2, 0) is 12.8 Å². The maximum absolute atomic E-state index is 13.0. The Morgan fingerprint density at radius 2 is 1.76 bits per heavy atom. The predicted octanol–water partition coefficient (Wildman–Crippen LogP) is 3.25. The minimum atomic E-state index is -4.40. The molecular formula is C22H21F3N8O. The van der Waals surface area contributed by atoms with Crippen molar-refractivity contribution in [3.05, 3.63) is 60.0 Å². The van der Waals surface area contributed by atoms with E-state index in [2.05, 4.69) is 29.8 Å². The fourth-order valence-electron chi connectivity index (χ4n) is 3.83. The molecule has 1 fully saturated rings. The summed E-state index contributed by atoms with van der Waals surface area (Å²) in [5, 5.41) is 0. The lowest BCUT2D eigenvalue weighted by Gasteiger charge is -2.35. The number of anilines is 3. The van der Waals surface area contributed by atoms with E-state index in [-0.39, 0.29) is 12.6 Å². The molecule has 0 aliphatic carbocycles. The Bertz CT molecular complexity index is 1300. The molecular weight excluding hydrogens is 449 g/mol. The van der Waals surface area contributed by atoms with Crippen molar-refractivity contribution in [2.24, 2.45) is 0 Å². The molecule has 12 heteroatoms. The first-order chi connectivity index (χ1) is 16.4. The number of nitrogens with one attached hydrogen (secondary N) is 1. The van der Waals surface area contributed by atoms with E-state index >= 15 is 0 Å². The van der Waals surface area contributed by atoms with E-state index < -0.39 is 11.7 Å². The van der Waals surface area contributed by atoms with Crippen molar-refractivity contribution >= 4 is 28.7 Å². The number of benzene rings is 1. The maximum atomic E-state index is 13.0. The molecule has 1 aromatic carbocycles. The highest BCUT2D eigenvalue weighted by molar-refractivity contribution is 5.78. The van der Waals surface area contributed by atoms with Crippen molar-refractivity contribution in [2.75, 3.05) is 41.7 Å². The van der Waals surface area contributed by atoms with Gasteiger partial charge in [0.15, 0.2) is 11.6 Å². The number of hydrogen-bond donors (Lipinski definition) is 2. The molecule has 3 aromatic heterocycles. The number of hydrogen-bond acceptors (Lipinski definition) is 8. The fraction of sp³-hybridized carbons (Fsp3) is 0.273. The second kappa shape index (κ2) is 8.69. The van der Waals surface area contributed by atoms with Crippen molar-refractivity contribution in [3.8, 4) is 5.75 Å². The van der Waals surface area contributed by atoms with E-state index in [1.165, 1.54) is 6.07 Å². The largest absolute Gasteiger partial charge is 0.483 e. The molecule has 9 nitrogen and oxygen atoms in total. The van der Waals surface area contributed by atoms with Gasteiger partial charge in [-0.15, -0.1) is 0 Å². The molecule has 1 saturated heterocycles. The Hall–Kier alpha value is -4.09. The topological polar surface area (TPSA) is 109 Å². The van der Waals surface area contributed by atoms with Gasteiger partial charge in [-0.1, -0.05) is 0 Å². The zero-order valence-corrected chi connectivity index (χ0v) is 18.0. The predicted molar refractivity (Wildman–Crippen MR) is 121 cm³/mol. The SMILES string of the molecule is Nc1nccc(COc2cccnc2N2CCN(c3nc4ccc(C(F)(F)F)cc4[nH]3)CC2)n1. The van der Waals surface area contributed by atoms with E-state index in [0.29, 0.717) is 60.4 Å². The van der Waals surface area contributed by atoms with Crippen LogP contribution in [0.3, 0.4) is 0 Å². The third-order valence-corrected chi connectivity index (χ3v) is 5.53. The standard InChI is InChI=1S/C22H21F3N8O/c23-22(24,25)14-3-4-16-17(12-14)31-21(30-16)33-10-8-32(9-11-33)19-18(2-1-6-27-19)34-13-15-5-7-28-20(26)29-15/h1-7,12H,8-11,13H2,(H,30,31)(H2,26,28,29). The van der Waals surface area contributed by atoms with E-state index in [4.69, 9.17) is 10.5 Å². The minimum Gasteiger partial charge on any atom is -0.483 e. The summed E-state index contributed by atoms with van der Waals surface area (Å²) in [5.41, 5.74) is 6.44. The zero-order valence-electron chi connectivity index (χ0n) is 18.0. The van der Waals surface area contributed by atoms with E-state index in [0.717, 1.165) is 12.1 Å². The van der Waals surface area contributed by atoms with Crippen molar-refractivity contribution in [2.45, 2.75) is 12.8 Å². The van der Waals surface area contributed by atoms with Crippen LogP contribution >= 0.6 is 0 Å². The summed E-state index contributed by atoms with van der Waals surface area (Å²) in [6.45, 7) is 2.73. The zero-order chi connectivity index (χ0) is 23.7. The van der Waals surface area contributed by atoms with Gasteiger partial charge in [-0.05, 0) is 36.4 Å². The number of pyridine rings is 1. The molecule has 0 radical (unpaired) electrons. The second-order valence-corrected chi connectivity index (χ2v) is 7.78. The number of halogens is 3. The molecule has 1 aliphatic heterocycles. The van der Waals surface area contributed by atoms with Crippen LogP contribution in [0, 0.1) is 0 Å². The summed E-state index contributed by atoms with van der Waals surface area (Å²) in [4.78, 5) is 24.1. The van der Waals surface area contributed by atoms with Crippen molar-refractivity contribution < 1.29 is 17.9 Å². The number of imidazole rings is 1. The van der Waals surface area contributed by atoms with Crippen LogP contribution in [0.1, 0.15) is 11.3 Å². The first-order valence-corrected chi connectivity index (χ1v) is 10.6. The third-order valence-electron chi connectivity index (χ3n) is 5.53. The molecule has 0 saturated carbocycles. The lowest BCUT2D eigenvalue weighted by molar-refractivity contribution is -0.137. The first-order valence-electron chi connectivity index (χ1n) is 10.6. The summed E-state index contributed by atoms with van der Waals surface area (Å²) < 4.78 is 45.0. The van der Waals surface area contributed by atoms with Gasteiger partial charge < -0.3 is 25.3 Å². The summed E-state index contributed by atoms with van der Waals surface area (Å²) >= 11 is 0. The summed E-state index contributed by atoms with van der Waals surface area (Å²) in [6, 6.07) is 8.89. The first kappa shape index (κ1) is 21.7. The molecule has 4 aromatic rings. The number of fused-ring (bicyclic) bond motifs is 1. The fourth-order valence-corrected chi connectivity index (χ4v) is 3.83. The highest BCUT2D eigenvalue weighted by atomic mass is 19.4. The molecule has 34 heavy (non-hydrogen) atoms. The van der Waals surface area contributed by atoms with Gasteiger partial charge in [0.25, 0.3) is 0 Å². The Balaban J connectivity index is 1.27. The lowest BCUT2D eigenvalue weighted by Crippen LogP contribution is -2.47. The molecule has 5 rings (SSSR count). The molecule has 0 atom stereocenters. The number of rotatable bonds is 5. The van der Waals surface area contributed by atoms with Crippen molar-refractivity contribution in [1.82, 2.24) is 24.9 Å². The summed E-state index contributed by atoms with van der Waals surface area (Å²) in [5.74, 6) is 2.07. The Labute approximate surface area is 192 Å². The Kier molecular flexibility index (Phi) is 5.56. The van der Waals surface area contributed by atoms with Crippen LogP contribution in [0.4, 0.5) is 30.9 Å². The normalized spacial score (nSPS) is 14.6. The maximum Gasteiger partial charge on any atom is 0.416 e. The van der Waals surface area contributed by atoms with Crippen LogP contribution in [0.25, 0.3) is 11.0 Å². The Morgan fingerprint density at radius 3 is 2.53 bits per heavy atom. The average Bonchev–Trinajstić information content (AvgIpc) is 3.26. The van der Waals surface area contributed by atoms with Crippen LogP contribution in [0.2, 0.25) is 0 Å². The van der Waals surface area contributed by atoms with Crippen LogP contribution in [0.5, 0.6) is 5.75 Å². The minimum absolute atomic E-state index is 0.184. The highest BCUT2D eigenvalue weighted by Crippen LogP contribution is 2.32. The number of aromatic amines is 1. The number of nitrogens with two attached hydrogens (primary N) is 1. The number of H-pyrrole nitrogens is 1. The molecule has 0 amide bonds. The highest BCUT2D eigenvalue weighted by Gasteiger charge is 2.31. The second-order valence-electron chi connectivity index (χ2n) is 7.78. The molecule has 4 heterocycles. The molecule has 1 aliphatic rings. The quantitative estimate of drug-likeness (QED) is 0.458. The summed E-state index contributed by atoms with van der Waals surface area (Å²) in [6.07, 6.45) is -1.12. The van der Waals surface area contributed by atoms with Crippen LogP contribution < -0.4 is 20.3 Å². The van der Waals surface area contributed by atoms with Gasteiger partial charge in [0.05, 0.1) is 22.3 Å². The number of nitrogens with zero attached hydrogens (tertiary/aromatic N) is 6.